The highest BCUT2D eigenvalue weighted by Crippen LogP contribution is 2.32. The van der Waals surface area contributed by atoms with Crippen LogP contribution in [-0.4, -0.2) is 23.8 Å². The summed E-state index contributed by atoms with van der Waals surface area (Å²) >= 11 is 0. The van der Waals surface area contributed by atoms with E-state index in [0.717, 1.165) is 11.3 Å². The lowest BCUT2D eigenvalue weighted by molar-refractivity contribution is -0.113. The zero-order chi connectivity index (χ0) is 14.5. The van der Waals surface area contributed by atoms with Crippen molar-refractivity contribution in [2.75, 3.05) is 13.2 Å². The first-order chi connectivity index (χ1) is 10.3. The fourth-order valence-electron chi connectivity index (χ4n) is 2.27. The standard InChI is InChI=1S/C17H19NO3/c1-17(12-19-11-14-7-3-2-4-8-14)13-20-16(21-17)15-9-5-6-10-18-15/h2-10,16H,11-13H2,1H3. The normalized spacial score (nSPS) is 25.1. The SMILES string of the molecule is CC1(COCc2ccccc2)COC(c2ccccn2)O1. The Hall–Kier alpha value is -1.75. The highest BCUT2D eigenvalue weighted by Gasteiger charge is 2.38. The molecule has 2 atom stereocenters. The first-order valence-corrected chi connectivity index (χ1v) is 7.07. The van der Waals surface area contributed by atoms with Crippen molar-refractivity contribution in [1.29, 1.82) is 0 Å². The lowest BCUT2D eigenvalue weighted by Crippen LogP contribution is -2.33. The number of ether oxygens (including phenoxy) is 3. The van der Waals surface area contributed by atoms with Crippen molar-refractivity contribution in [3.05, 3.63) is 66.0 Å². The van der Waals surface area contributed by atoms with Crippen molar-refractivity contribution in [2.24, 2.45) is 0 Å². The van der Waals surface area contributed by atoms with E-state index in [1.165, 1.54) is 0 Å². The van der Waals surface area contributed by atoms with E-state index < -0.39 is 11.9 Å². The molecule has 0 N–H and O–H groups in total. The molecule has 21 heavy (non-hydrogen) atoms. The summed E-state index contributed by atoms with van der Waals surface area (Å²) in [5, 5.41) is 0. The molecular weight excluding hydrogens is 266 g/mol. The molecule has 0 spiro atoms. The lowest BCUT2D eigenvalue weighted by atomic mass is 10.1. The van der Waals surface area contributed by atoms with Crippen molar-refractivity contribution in [2.45, 2.75) is 25.4 Å². The van der Waals surface area contributed by atoms with Crippen LogP contribution in [0.5, 0.6) is 0 Å². The second kappa shape index (κ2) is 6.35. The molecule has 2 heterocycles. The minimum absolute atomic E-state index is 0.406. The number of rotatable bonds is 5. The molecule has 0 aliphatic carbocycles. The maximum absolute atomic E-state index is 5.96. The molecule has 0 radical (unpaired) electrons. The third-order valence-corrected chi connectivity index (χ3v) is 3.38. The van der Waals surface area contributed by atoms with Gasteiger partial charge < -0.3 is 14.2 Å². The first kappa shape index (κ1) is 14.2. The number of hydrogen-bond acceptors (Lipinski definition) is 4. The van der Waals surface area contributed by atoms with Crippen molar-refractivity contribution < 1.29 is 14.2 Å². The molecule has 4 nitrogen and oxygen atoms in total. The van der Waals surface area contributed by atoms with Crippen molar-refractivity contribution in [3.8, 4) is 0 Å². The van der Waals surface area contributed by atoms with E-state index in [2.05, 4.69) is 4.98 Å². The highest BCUT2D eigenvalue weighted by molar-refractivity contribution is 5.13. The Kier molecular flexibility index (Phi) is 4.29. The van der Waals surface area contributed by atoms with Crippen LogP contribution in [0.3, 0.4) is 0 Å². The summed E-state index contributed by atoms with van der Waals surface area (Å²) in [5.41, 5.74) is 1.52. The Bertz CT molecular complexity index is 561. The number of benzene rings is 1. The van der Waals surface area contributed by atoms with Crippen LogP contribution in [0.4, 0.5) is 0 Å². The van der Waals surface area contributed by atoms with E-state index in [0.29, 0.717) is 19.8 Å². The summed E-state index contributed by atoms with van der Waals surface area (Å²) in [6.45, 7) is 3.57. The highest BCUT2D eigenvalue weighted by atomic mass is 16.7. The molecule has 1 fully saturated rings. The van der Waals surface area contributed by atoms with E-state index >= 15 is 0 Å². The zero-order valence-electron chi connectivity index (χ0n) is 12.1. The topological polar surface area (TPSA) is 40.6 Å². The smallest absolute Gasteiger partial charge is 0.201 e. The van der Waals surface area contributed by atoms with E-state index in [4.69, 9.17) is 14.2 Å². The number of pyridine rings is 1. The summed E-state index contributed by atoms with van der Waals surface area (Å²) in [4.78, 5) is 4.26. The van der Waals surface area contributed by atoms with E-state index in [1.807, 2.05) is 55.5 Å². The van der Waals surface area contributed by atoms with Crippen LogP contribution < -0.4 is 0 Å². The summed E-state index contributed by atoms with van der Waals surface area (Å²) in [6.07, 6.45) is 1.33. The minimum Gasteiger partial charge on any atom is -0.374 e. The Balaban J connectivity index is 1.52. The third-order valence-electron chi connectivity index (χ3n) is 3.38. The van der Waals surface area contributed by atoms with Crippen LogP contribution in [0.15, 0.2) is 54.7 Å². The van der Waals surface area contributed by atoms with Crippen LogP contribution in [0.25, 0.3) is 0 Å². The molecule has 110 valence electrons. The minimum atomic E-state index is -0.434. The van der Waals surface area contributed by atoms with Crippen LogP contribution in [0, 0.1) is 0 Å². The van der Waals surface area contributed by atoms with E-state index in [-0.39, 0.29) is 0 Å². The summed E-state index contributed by atoms with van der Waals surface area (Å²) in [5.74, 6) is 0. The molecule has 0 saturated carbocycles. The second-order valence-corrected chi connectivity index (χ2v) is 5.44. The quantitative estimate of drug-likeness (QED) is 0.846. The fourth-order valence-corrected chi connectivity index (χ4v) is 2.27. The van der Waals surface area contributed by atoms with E-state index in [1.54, 1.807) is 6.20 Å². The van der Waals surface area contributed by atoms with Gasteiger partial charge in [-0.1, -0.05) is 36.4 Å². The Morgan fingerprint density at radius 2 is 2.00 bits per heavy atom. The van der Waals surface area contributed by atoms with Gasteiger partial charge in [-0.05, 0) is 24.6 Å². The zero-order valence-corrected chi connectivity index (χ0v) is 12.1. The Labute approximate surface area is 124 Å². The summed E-state index contributed by atoms with van der Waals surface area (Å²) < 4.78 is 17.4. The van der Waals surface area contributed by atoms with Gasteiger partial charge in [0.25, 0.3) is 0 Å². The van der Waals surface area contributed by atoms with Gasteiger partial charge in [-0.2, -0.15) is 0 Å². The number of aromatic nitrogens is 1. The monoisotopic (exact) mass is 285 g/mol. The molecule has 0 bridgehead atoms. The summed E-state index contributed by atoms with van der Waals surface area (Å²) in [6, 6.07) is 15.8. The maximum Gasteiger partial charge on any atom is 0.201 e. The number of nitrogens with zero attached hydrogens (tertiary/aromatic N) is 1. The van der Waals surface area contributed by atoms with Crippen molar-refractivity contribution in [1.82, 2.24) is 4.98 Å². The molecule has 1 aliphatic heterocycles. The molecule has 0 amide bonds. The molecule has 1 aliphatic rings. The lowest BCUT2D eigenvalue weighted by Gasteiger charge is -2.22. The first-order valence-electron chi connectivity index (χ1n) is 7.07. The second-order valence-electron chi connectivity index (χ2n) is 5.44. The van der Waals surface area contributed by atoms with Gasteiger partial charge in [-0.15, -0.1) is 0 Å². The number of hydrogen-bond donors (Lipinski definition) is 0. The van der Waals surface area contributed by atoms with Crippen molar-refractivity contribution in [3.63, 3.8) is 0 Å². The molecular formula is C17H19NO3. The van der Waals surface area contributed by atoms with Gasteiger partial charge in [0, 0.05) is 6.20 Å². The van der Waals surface area contributed by atoms with Gasteiger partial charge in [0.2, 0.25) is 6.29 Å². The van der Waals surface area contributed by atoms with Gasteiger partial charge in [-0.3, -0.25) is 4.98 Å². The molecule has 2 unspecified atom stereocenters. The maximum atomic E-state index is 5.96. The predicted octanol–water partition coefficient (Wildman–Crippen LogP) is 3.10. The molecule has 1 saturated heterocycles. The molecule has 1 aromatic carbocycles. The molecule has 3 rings (SSSR count). The van der Waals surface area contributed by atoms with Crippen LogP contribution in [0.1, 0.15) is 24.5 Å². The van der Waals surface area contributed by atoms with Gasteiger partial charge in [0.1, 0.15) is 5.60 Å². The van der Waals surface area contributed by atoms with Crippen LogP contribution in [0.2, 0.25) is 0 Å². The van der Waals surface area contributed by atoms with Gasteiger partial charge in [0.05, 0.1) is 25.5 Å². The predicted molar refractivity (Wildman–Crippen MR) is 78.5 cm³/mol. The molecule has 2 aromatic rings. The van der Waals surface area contributed by atoms with Crippen molar-refractivity contribution >= 4 is 0 Å². The fraction of sp³-hybridized carbons (Fsp3) is 0.353. The summed E-state index contributed by atoms with van der Waals surface area (Å²) in [7, 11) is 0. The van der Waals surface area contributed by atoms with Crippen LogP contribution in [-0.2, 0) is 20.8 Å². The largest absolute Gasteiger partial charge is 0.374 e. The van der Waals surface area contributed by atoms with Gasteiger partial charge in [0.15, 0.2) is 0 Å². The molecule has 4 heteroatoms. The molecule has 1 aromatic heterocycles. The third kappa shape index (κ3) is 3.67. The van der Waals surface area contributed by atoms with E-state index in [9.17, 15) is 0 Å². The van der Waals surface area contributed by atoms with Gasteiger partial charge in [-0.25, -0.2) is 0 Å². The van der Waals surface area contributed by atoms with Gasteiger partial charge >= 0.3 is 0 Å². The average molecular weight is 285 g/mol. The Morgan fingerprint density at radius 3 is 2.76 bits per heavy atom. The average Bonchev–Trinajstić information content (AvgIpc) is 2.92. The Morgan fingerprint density at radius 1 is 1.19 bits per heavy atom. The van der Waals surface area contributed by atoms with Crippen LogP contribution >= 0.6 is 0 Å².